The van der Waals surface area contributed by atoms with Gasteiger partial charge in [0, 0.05) is 17.7 Å². The summed E-state index contributed by atoms with van der Waals surface area (Å²) in [5, 5.41) is 3.50. The van der Waals surface area contributed by atoms with E-state index in [4.69, 9.17) is 0 Å². The number of thiazole rings is 1. The molecule has 0 saturated heterocycles. The van der Waals surface area contributed by atoms with Crippen LogP contribution < -0.4 is 5.32 Å². The fourth-order valence-corrected chi connectivity index (χ4v) is 4.48. The molecule has 0 radical (unpaired) electrons. The van der Waals surface area contributed by atoms with Gasteiger partial charge in [-0.15, -0.1) is 11.3 Å². The first-order valence-corrected chi connectivity index (χ1v) is 11.2. The van der Waals surface area contributed by atoms with Crippen molar-refractivity contribution in [2.75, 3.05) is 5.32 Å². The summed E-state index contributed by atoms with van der Waals surface area (Å²) in [6.45, 7) is 3.99. The molecule has 6 heteroatoms. The van der Waals surface area contributed by atoms with Crippen LogP contribution in [0.25, 0.3) is 32.6 Å². The van der Waals surface area contributed by atoms with Gasteiger partial charge in [-0.3, -0.25) is 0 Å². The Balaban J connectivity index is 1.42. The molecule has 0 aliphatic heterocycles. The molecule has 1 N–H and O–H groups in total. The SMILES string of the molecule is Cc1nc(NC(C)c2cccc(-c3cccc(F)c3)c2)cc(-c2ccc3ncsc3c2)n1. The third kappa shape index (κ3) is 4.22. The Labute approximate surface area is 189 Å². The molecule has 1 unspecified atom stereocenters. The smallest absolute Gasteiger partial charge is 0.130 e. The average molecular weight is 441 g/mol. The summed E-state index contributed by atoms with van der Waals surface area (Å²) in [6, 6.07) is 23.0. The summed E-state index contributed by atoms with van der Waals surface area (Å²) in [4.78, 5) is 13.6. The van der Waals surface area contributed by atoms with Crippen molar-refractivity contribution in [3.63, 3.8) is 0 Å². The lowest BCUT2D eigenvalue weighted by molar-refractivity contribution is 0.628. The molecule has 0 aliphatic carbocycles. The maximum absolute atomic E-state index is 13.7. The predicted octanol–water partition coefficient (Wildman–Crippen LogP) is 7.04. The number of hydrogen-bond donors (Lipinski definition) is 1. The van der Waals surface area contributed by atoms with Gasteiger partial charge in [0.1, 0.15) is 17.5 Å². The topological polar surface area (TPSA) is 50.7 Å². The number of fused-ring (bicyclic) bond motifs is 1. The first-order chi connectivity index (χ1) is 15.5. The quantitative estimate of drug-likeness (QED) is 0.318. The van der Waals surface area contributed by atoms with Gasteiger partial charge in [-0.2, -0.15) is 0 Å². The van der Waals surface area contributed by atoms with E-state index in [-0.39, 0.29) is 11.9 Å². The number of hydrogen-bond acceptors (Lipinski definition) is 5. The first-order valence-electron chi connectivity index (χ1n) is 10.4. The van der Waals surface area contributed by atoms with Gasteiger partial charge < -0.3 is 5.32 Å². The number of aromatic nitrogens is 3. The van der Waals surface area contributed by atoms with E-state index in [0.29, 0.717) is 5.82 Å². The fourth-order valence-electron chi connectivity index (χ4n) is 3.76. The standard InChI is InChI=1S/C26H21FN4S/c1-16(18-5-3-6-19(11-18)20-7-4-8-22(27)12-20)29-26-14-24(30-17(2)31-26)21-9-10-23-25(13-21)32-15-28-23/h3-16H,1-2H3,(H,29,30,31). The van der Waals surface area contributed by atoms with Gasteiger partial charge in [-0.05, 0) is 60.9 Å². The van der Waals surface area contributed by atoms with Crippen LogP contribution >= 0.6 is 11.3 Å². The van der Waals surface area contributed by atoms with E-state index in [1.165, 1.54) is 6.07 Å². The van der Waals surface area contributed by atoms with Crippen LogP contribution in [0.2, 0.25) is 0 Å². The highest BCUT2D eigenvalue weighted by Gasteiger charge is 2.11. The molecule has 0 fully saturated rings. The zero-order valence-electron chi connectivity index (χ0n) is 17.7. The minimum absolute atomic E-state index is 0.00892. The van der Waals surface area contributed by atoms with Crippen LogP contribution in [0.1, 0.15) is 24.4 Å². The van der Waals surface area contributed by atoms with E-state index in [2.05, 4.69) is 45.4 Å². The van der Waals surface area contributed by atoms with Crippen LogP contribution in [0.4, 0.5) is 10.2 Å². The van der Waals surface area contributed by atoms with Gasteiger partial charge in [0.2, 0.25) is 0 Å². The lowest BCUT2D eigenvalue weighted by Crippen LogP contribution is -2.09. The molecular weight excluding hydrogens is 419 g/mol. The molecule has 2 aromatic heterocycles. The number of nitrogens with zero attached hydrogens (tertiary/aromatic N) is 3. The molecular formula is C26H21FN4S. The van der Waals surface area contributed by atoms with Gasteiger partial charge >= 0.3 is 0 Å². The van der Waals surface area contributed by atoms with Gasteiger partial charge in [-0.1, -0.05) is 36.4 Å². The second-order valence-corrected chi connectivity index (χ2v) is 8.61. The second kappa shape index (κ2) is 8.48. The van der Waals surface area contributed by atoms with Crippen molar-refractivity contribution < 1.29 is 4.39 Å². The Kier molecular flexibility index (Phi) is 5.37. The molecule has 3 aromatic carbocycles. The van der Waals surface area contributed by atoms with Crippen LogP contribution in [-0.2, 0) is 0 Å². The minimum Gasteiger partial charge on any atom is -0.363 e. The van der Waals surface area contributed by atoms with E-state index in [0.717, 1.165) is 44.0 Å². The lowest BCUT2D eigenvalue weighted by Gasteiger charge is -2.17. The molecule has 158 valence electrons. The van der Waals surface area contributed by atoms with Crippen LogP contribution in [0.5, 0.6) is 0 Å². The first kappa shape index (κ1) is 20.3. The zero-order chi connectivity index (χ0) is 22.1. The number of anilines is 1. The van der Waals surface area contributed by atoms with Crippen LogP contribution in [0, 0.1) is 12.7 Å². The Hall–Kier alpha value is -3.64. The normalized spacial score (nSPS) is 12.1. The summed E-state index contributed by atoms with van der Waals surface area (Å²) in [7, 11) is 0. The Morgan fingerprint density at radius 3 is 2.53 bits per heavy atom. The number of rotatable bonds is 5. The summed E-state index contributed by atoms with van der Waals surface area (Å²) in [6.07, 6.45) is 0. The molecule has 0 spiro atoms. The van der Waals surface area contributed by atoms with Gasteiger partial charge in [0.15, 0.2) is 0 Å². The van der Waals surface area contributed by atoms with Gasteiger partial charge in [-0.25, -0.2) is 19.3 Å². The van der Waals surface area contributed by atoms with Gasteiger partial charge in [0.05, 0.1) is 21.4 Å². The van der Waals surface area contributed by atoms with Crippen molar-refractivity contribution in [3.05, 3.63) is 95.5 Å². The number of benzene rings is 3. The minimum atomic E-state index is -0.236. The van der Waals surface area contributed by atoms with Gasteiger partial charge in [0.25, 0.3) is 0 Å². The highest BCUT2D eigenvalue weighted by atomic mass is 32.1. The fraction of sp³-hybridized carbons (Fsp3) is 0.115. The molecule has 0 aliphatic rings. The third-order valence-electron chi connectivity index (χ3n) is 5.37. The maximum atomic E-state index is 13.7. The summed E-state index contributed by atoms with van der Waals surface area (Å²) < 4.78 is 14.8. The Morgan fingerprint density at radius 1 is 0.875 bits per heavy atom. The van der Waals surface area contributed by atoms with Crippen molar-refractivity contribution in [1.82, 2.24) is 15.0 Å². The van der Waals surface area contributed by atoms with E-state index in [9.17, 15) is 4.39 Å². The van der Waals surface area contributed by atoms with Crippen molar-refractivity contribution in [1.29, 1.82) is 0 Å². The van der Waals surface area contributed by atoms with Crippen molar-refractivity contribution in [2.24, 2.45) is 0 Å². The molecule has 5 aromatic rings. The summed E-state index contributed by atoms with van der Waals surface area (Å²) >= 11 is 1.62. The lowest BCUT2D eigenvalue weighted by atomic mass is 10.00. The molecule has 0 saturated carbocycles. The summed E-state index contributed by atoms with van der Waals surface area (Å²) in [5.74, 6) is 1.23. The molecule has 5 rings (SSSR count). The largest absolute Gasteiger partial charge is 0.363 e. The average Bonchev–Trinajstić information content (AvgIpc) is 3.27. The molecule has 0 amide bonds. The van der Waals surface area contributed by atoms with Crippen LogP contribution in [0.3, 0.4) is 0 Å². The highest BCUT2D eigenvalue weighted by molar-refractivity contribution is 7.16. The highest BCUT2D eigenvalue weighted by Crippen LogP contribution is 2.29. The monoisotopic (exact) mass is 440 g/mol. The predicted molar refractivity (Wildman–Crippen MR) is 129 cm³/mol. The van der Waals surface area contributed by atoms with Crippen molar-refractivity contribution in [2.45, 2.75) is 19.9 Å². The van der Waals surface area contributed by atoms with Crippen LogP contribution in [0.15, 0.2) is 78.3 Å². The van der Waals surface area contributed by atoms with E-state index in [1.807, 2.05) is 48.8 Å². The van der Waals surface area contributed by atoms with Crippen LogP contribution in [-0.4, -0.2) is 15.0 Å². The van der Waals surface area contributed by atoms with E-state index < -0.39 is 0 Å². The molecule has 32 heavy (non-hydrogen) atoms. The Bertz CT molecular complexity index is 1410. The molecule has 2 heterocycles. The third-order valence-corrected chi connectivity index (χ3v) is 6.17. The zero-order valence-corrected chi connectivity index (χ0v) is 18.5. The second-order valence-electron chi connectivity index (χ2n) is 7.72. The summed E-state index contributed by atoms with van der Waals surface area (Å²) in [5.41, 5.74) is 7.69. The number of nitrogens with one attached hydrogen (secondary N) is 1. The number of aryl methyl sites for hydroxylation is 1. The maximum Gasteiger partial charge on any atom is 0.130 e. The molecule has 1 atom stereocenters. The molecule has 0 bridgehead atoms. The Morgan fingerprint density at radius 2 is 1.69 bits per heavy atom. The van der Waals surface area contributed by atoms with Crippen molar-refractivity contribution >= 4 is 27.4 Å². The molecule has 4 nitrogen and oxygen atoms in total. The number of halogens is 1. The van der Waals surface area contributed by atoms with E-state index in [1.54, 1.807) is 23.5 Å². The van der Waals surface area contributed by atoms with E-state index >= 15 is 0 Å². The van der Waals surface area contributed by atoms with Crippen molar-refractivity contribution in [3.8, 4) is 22.4 Å².